The summed E-state index contributed by atoms with van der Waals surface area (Å²) in [6.07, 6.45) is 0. The maximum Gasteiger partial charge on any atom is 0.164 e. The number of furan rings is 1. The van der Waals surface area contributed by atoms with Gasteiger partial charge in [0.2, 0.25) is 0 Å². The Bertz CT molecular complexity index is 1510. The Hall–Kier alpha value is -4.31. The first kappa shape index (κ1) is 18.5. The molecule has 4 nitrogen and oxygen atoms in total. The molecule has 4 aromatic carbocycles. The lowest BCUT2D eigenvalue weighted by Crippen LogP contribution is -2.00. The number of hydrogen-bond acceptors (Lipinski definition) is 4. The molecule has 152 valence electrons. The van der Waals surface area contributed by atoms with Crippen molar-refractivity contribution in [3.05, 3.63) is 103 Å². The summed E-state index contributed by atoms with van der Waals surface area (Å²) in [6.45, 7) is 2.07. The van der Waals surface area contributed by atoms with Gasteiger partial charge < -0.3 is 4.42 Å². The molecule has 0 spiro atoms. The lowest BCUT2D eigenvalue weighted by Gasteiger charge is -2.09. The molecule has 0 aliphatic heterocycles. The van der Waals surface area contributed by atoms with Crippen LogP contribution in [0, 0.1) is 6.92 Å². The van der Waals surface area contributed by atoms with Gasteiger partial charge in [0.15, 0.2) is 17.5 Å². The molecule has 0 aliphatic rings. The zero-order chi connectivity index (χ0) is 21.5. The van der Waals surface area contributed by atoms with E-state index in [-0.39, 0.29) is 0 Å². The van der Waals surface area contributed by atoms with Gasteiger partial charge in [-0.2, -0.15) is 0 Å². The number of nitrogens with zero attached hydrogens (tertiary/aromatic N) is 3. The third kappa shape index (κ3) is 3.13. The second-order valence-electron chi connectivity index (χ2n) is 7.82. The van der Waals surface area contributed by atoms with Crippen molar-refractivity contribution < 1.29 is 4.42 Å². The topological polar surface area (TPSA) is 51.8 Å². The van der Waals surface area contributed by atoms with E-state index in [4.69, 9.17) is 19.4 Å². The maximum absolute atomic E-state index is 6.15. The van der Waals surface area contributed by atoms with Gasteiger partial charge in [-0.15, -0.1) is 0 Å². The van der Waals surface area contributed by atoms with Crippen LogP contribution < -0.4 is 0 Å². The molecule has 2 aromatic heterocycles. The van der Waals surface area contributed by atoms with E-state index in [1.807, 2.05) is 72.8 Å². The zero-order valence-corrected chi connectivity index (χ0v) is 17.5. The normalized spacial score (nSPS) is 11.3. The fourth-order valence-corrected chi connectivity index (χ4v) is 4.05. The molecule has 6 rings (SSSR count). The van der Waals surface area contributed by atoms with Gasteiger partial charge in [0.1, 0.15) is 11.2 Å². The molecule has 0 fully saturated rings. The van der Waals surface area contributed by atoms with Crippen molar-refractivity contribution in [1.82, 2.24) is 15.0 Å². The molecule has 0 N–H and O–H groups in total. The molecule has 0 atom stereocenters. The van der Waals surface area contributed by atoms with Crippen LogP contribution in [0.15, 0.2) is 101 Å². The molecule has 32 heavy (non-hydrogen) atoms. The van der Waals surface area contributed by atoms with Crippen molar-refractivity contribution in [1.29, 1.82) is 0 Å². The Morgan fingerprint density at radius 1 is 0.562 bits per heavy atom. The summed E-state index contributed by atoms with van der Waals surface area (Å²) < 4.78 is 6.15. The molecule has 0 saturated heterocycles. The van der Waals surface area contributed by atoms with Crippen LogP contribution in [-0.2, 0) is 0 Å². The van der Waals surface area contributed by atoms with Gasteiger partial charge in [0.25, 0.3) is 0 Å². The number of hydrogen-bond donors (Lipinski definition) is 0. The quantitative estimate of drug-likeness (QED) is 0.311. The summed E-state index contributed by atoms with van der Waals surface area (Å²) in [5.74, 6) is 1.93. The van der Waals surface area contributed by atoms with Gasteiger partial charge in [-0.25, -0.2) is 15.0 Å². The number of aryl methyl sites for hydroxylation is 1. The summed E-state index contributed by atoms with van der Waals surface area (Å²) in [5.41, 5.74) is 5.69. The highest BCUT2D eigenvalue weighted by Crippen LogP contribution is 2.36. The summed E-state index contributed by atoms with van der Waals surface area (Å²) in [4.78, 5) is 14.6. The van der Waals surface area contributed by atoms with E-state index >= 15 is 0 Å². The molecule has 0 saturated carbocycles. The van der Waals surface area contributed by atoms with E-state index in [0.717, 1.165) is 44.2 Å². The second kappa shape index (κ2) is 7.43. The fourth-order valence-electron chi connectivity index (χ4n) is 4.05. The van der Waals surface area contributed by atoms with Crippen molar-refractivity contribution in [3.63, 3.8) is 0 Å². The van der Waals surface area contributed by atoms with Gasteiger partial charge in [0, 0.05) is 27.5 Å². The second-order valence-corrected chi connectivity index (χ2v) is 7.82. The van der Waals surface area contributed by atoms with Crippen molar-refractivity contribution in [2.75, 3.05) is 0 Å². The Morgan fingerprint density at radius 3 is 1.84 bits per heavy atom. The predicted molar refractivity (Wildman–Crippen MR) is 128 cm³/mol. The molecule has 6 aromatic rings. The Morgan fingerprint density at radius 2 is 1.19 bits per heavy atom. The monoisotopic (exact) mass is 413 g/mol. The molecule has 2 heterocycles. The molecule has 4 heteroatoms. The van der Waals surface area contributed by atoms with Crippen molar-refractivity contribution in [3.8, 4) is 34.2 Å². The molecule has 0 bridgehead atoms. The third-order valence-corrected chi connectivity index (χ3v) is 5.59. The van der Waals surface area contributed by atoms with E-state index in [1.54, 1.807) is 0 Å². The highest BCUT2D eigenvalue weighted by atomic mass is 16.3. The van der Waals surface area contributed by atoms with Crippen molar-refractivity contribution in [2.45, 2.75) is 6.92 Å². The predicted octanol–water partition coefficient (Wildman–Crippen LogP) is 7.08. The van der Waals surface area contributed by atoms with Crippen molar-refractivity contribution in [2.24, 2.45) is 0 Å². The fraction of sp³-hybridized carbons (Fsp3) is 0.0357. The van der Waals surface area contributed by atoms with Gasteiger partial charge in [-0.1, -0.05) is 84.9 Å². The highest BCUT2D eigenvalue weighted by molar-refractivity contribution is 6.11. The zero-order valence-electron chi connectivity index (χ0n) is 17.5. The van der Waals surface area contributed by atoms with Crippen LogP contribution in [0.2, 0.25) is 0 Å². The standard InChI is InChI=1S/C28H19N3O/c1-18-15-16-21-24(17-18)32-23-14-8-13-22(25(21)23)28-30-26(19-9-4-2-5-10-19)29-27(31-28)20-11-6-3-7-12-20/h2-17H,1H3. The lowest BCUT2D eigenvalue weighted by molar-refractivity contribution is 0.668. The van der Waals surface area contributed by atoms with Crippen LogP contribution in [-0.4, -0.2) is 15.0 Å². The highest BCUT2D eigenvalue weighted by Gasteiger charge is 2.17. The van der Waals surface area contributed by atoms with Crippen LogP contribution in [0.5, 0.6) is 0 Å². The summed E-state index contributed by atoms with van der Waals surface area (Å²) in [6, 6.07) is 32.3. The minimum atomic E-state index is 0.631. The van der Waals surface area contributed by atoms with Gasteiger partial charge in [-0.05, 0) is 24.6 Å². The van der Waals surface area contributed by atoms with E-state index in [9.17, 15) is 0 Å². The number of aromatic nitrogens is 3. The van der Waals surface area contributed by atoms with E-state index in [1.165, 1.54) is 0 Å². The first-order valence-corrected chi connectivity index (χ1v) is 10.6. The molecule has 0 unspecified atom stereocenters. The maximum atomic E-state index is 6.15. The van der Waals surface area contributed by atoms with E-state index in [2.05, 4.69) is 31.2 Å². The van der Waals surface area contributed by atoms with Crippen molar-refractivity contribution >= 4 is 21.9 Å². The summed E-state index contributed by atoms with van der Waals surface area (Å²) >= 11 is 0. The van der Waals surface area contributed by atoms with E-state index in [0.29, 0.717) is 17.5 Å². The smallest absolute Gasteiger partial charge is 0.164 e. The van der Waals surface area contributed by atoms with E-state index < -0.39 is 0 Å². The minimum absolute atomic E-state index is 0.631. The molecule has 0 amide bonds. The minimum Gasteiger partial charge on any atom is -0.456 e. The van der Waals surface area contributed by atoms with Crippen LogP contribution >= 0.6 is 0 Å². The van der Waals surface area contributed by atoms with Crippen LogP contribution in [0.4, 0.5) is 0 Å². The average Bonchev–Trinajstić information content (AvgIpc) is 3.22. The average molecular weight is 413 g/mol. The molecule has 0 aliphatic carbocycles. The summed E-state index contributed by atoms with van der Waals surface area (Å²) in [5, 5.41) is 2.08. The van der Waals surface area contributed by atoms with Gasteiger partial charge >= 0.3 is 0 Å². The van der Waals surface area contributed by atoms with Crippen LogP contribution in [0.3, 0.4) is 0 Å². The van der Waals surface area contributed by atoms with Gasteiger partial charge in [-0.3, -0.25) is 0 Å². The first-order chi connectivity index (χ1) is 15.8. The van der Waals surface area contributed by atoms with Crippen LogP contribution in [0.1, 0.15) is 5.56 Å². The molecule has 0 radical (unpaired) electrons. The number of fused-ring (bicyclic) bond motifs is 3. The largest absolute Gasteiger partial charge is 0.456 e. The van der Waals surface area contributed by atoms with Gasteiger partial charge in [0.05, 0.1) is 0 Å². The Balaban J connectivity index is 1.65. The third-order valence-electron chi connectivity index (χ3n) is 5.59. The SMILES string of the molecule is Cc1ccc2c(c1)oc1cccc(-c3nc(-c4ccccc4)nc(-c4ccccc4)n3)c12. The molecular weight excluding hydrogens is 394 g/mol. The first-order valence-electron chi connectivity index (χ1n) is 10.6. The molecular formula is C28H19N3O. The number of benzene rings is 4. The lowest BCUT2D eigenvalue weighted by atomic mass is 10.0. The summed E-state index contributed by atoms with van der Waals surface area (Å²) in [7, 11) is 0. The number of rotatable bonds is 3. The Kier molecular flexibility index (Phi) is 4.29. The van der Waals surface area contributed by atoms with Crippen LogP contribution in [0.25, 0.3) is 56.1 Å². The Labute approximate surface area is 185 Å².